The van der Waals surface area contributed by atoms with E-state index < -0.39 is 5.54 Å². The van der Waals surface area contributed by atoms with Crippen molar-refractivity contribution in [3.05, 3.63) is 24.2 Å². The number of furan rings is 1. The van der Waals surface area contributed by atoms with E-state index >= 15 is 0 Å². The maximum Gasteiger partial charge on any atom is 0.289 e. The lowest BCUT2D eigenvalue weighted by Crippen LogP contribution is -2.63. The van der Waals surface area contributed by atoms with Crippen molar-refractivity contribution in [2.75, 3.05) is 26.2 Å². The lowest BCUT2D eigenvalue weighted by Gasteiger charge is -2.48. The number of likely N-dealkylation sites (tertiary alicyclic amines) is 2. The van der Waals surface area contributed by atoms with Gasteiger partial charge in [0.25, 0.3) is 5.91 Å². The highest BCUT2D eigenvalue weighted by Gasteiger charge is 2.45. The SMILES string of the molecule is NC(=O)C1(N2CCCCC2)CCN(C(=O)c2ccco2)CC1. The summed E-state index contributed by atoms with van der Waals surface area (Å²) in [6.07, 6.45) is 6.16. The van der Waals surface area contributed by atoms with Gasteiger partial charge >= 0.3 is 0 Å². The third-order valence-corrected chi connectivity index (χ3v) is 5.03. The molecule has 0 saturated carbocycles. The fourth-order valence-electron chi connectivity index (χ4n) is 3.68. The molecule has 1 aromatic rings. The molecule has 6 nitrogen and oxygen atoms in total. The highest BCUT2D eigenvalue weighted by atomic mass is 16.3. The molecular weight excluding hydrogens is 282 g/mol. The number of carbonyl (C=O) groups excluding carboxylic acids is 2. The molecule has 0 atom stereocenters. The van der Waals surface area contributed by atoms with Gasteiger partial charge in [-0.3, -0.25) is 14.5 Å². The van der Waals surface area contributed by atoms with Crippen LogP contribution in [0.25, 0.3) is 0 Å². The summed E-state index contributed by atoms with van der Waals surface area (Å²) in [5.41, 5.74) is 5.16. The van der Waals surface area contributed by atoms with Crippen molar-refractivity contribution < 1.29 is 14.0 Å². The molecule has 0 spiro atoms. The van der Waals surface area contributed by atoms with Crippen LogP contribution >= 0.6 is 0 Å². The van der Waals surface area contributed by atoms with Crippen LogP contribution in [0.2, 0.25) is 0 Å². The number of piperidine rings is 2. The zero-order chi connectivity index (χ0) is 15.6. The molecule has 2 N–H and O–H groups in total. The Morgan fingerprint density at radius 3 is 2.32 bits per heavy atom. The van der Waals surface area contributed by atoms with Crippen LogP contribution in [-0.4, -0.2) is 53.3 Å². The van der Waals surface area contributed by atoms with Gasteiger partial charge in [0.2, 0.25) is 5.91 Å². The van der Waals surface area contributed by atoms with Gasteiger partial charge in [-0.25, -0.2) is 0 Å². The van der Waals surface area contributed by atoms with Gasteiger partial charge in [0.1, 0.15) is 5.54 Å². The maximum atomic E-state index is 12.3. The molecule has 0 aliphatic carbocycles. The smallest absolute Gasteiger partial charge is 0.289 e. The Morgan fingerprint density at radius 1 is 1.09 bits per heavy atom. The van der Waals surface area contributed by atoms with E-state index in [1.807, 2.05) is 0 Å². The van der Waals surface area contributed by atoms with E-state index in [4.69, 9.17) is 10.2 Å². The van der Waals surface area contributed by atoms with Gasteiger partial charge in [-0.05, 0) is 50.9 Å². The molecule has 2 fully saturated rings. The molecule has 0 bridgehead atoms. The van der Waals surface area contributed by atoms with Gasteiger partial charge in [0.15, 0.2) is 5.76 Å². The third-order valence-electron chi connectivity index (χ3n) is 5.03. The van der Waals surface area contributed by atoms with Gasteiger partial charge in [-0.1, -0.05) is 6.42 Å². The molecule has 2 saturated heterocycles. The fraction of sp³-hybridized carbons (Fsp3) is 0.625. The highest BCUT2D eigenvalue weighted by Crippen LogP contribution is 2.32. The van der Waals surface area contributed by atoms with Crippen LogP contribution in [-0.2, 0) is 4.79 Å². The number of nitrogens with two attached hydrogens (primary N) is 1. The van der Waals surface area contributed by atoms with Crippen molar-refractivity contribution in [2.45, 2.75) is 37.6 Å². The van der Waals surface area contributed by atoms with E-state index in [0.717, 1.165) is 25.9 Å². The number of carbonyl (C=O) groups is 2. The Kier molecular flexibility index (Phi) is 4.20. The van der Waals surface area contributed by atoms with E-state index in [2.05, 4.69) is 4.90 Å². The Bertz CT molecular complexity index is 527. The summed E-state index contributed by atoms with van der Waals surface area (Å²) >= 11 is 0. The normalized spacial score (nSPS) is 22.5. The minimum absolute atomic E-state index is 0.110. The summed E-state index contributed by atoms with van der Waals surface area (Å²) in [4.78, 5) is 28.5. The third kappa shape index (κ3) is 2.63. The Hall–Kier alpha value is -1.82. The average Bonchev–Trinajstić information content (AvgIpc) is 3.09. The molecule has 2 aliphatic rings. The van der Waals surface area contributed by atoms with Crippen molar-refractivity contribution in [1.29, 1.82) is 0 Å². The van der Waals surface area contributed by atoms with Crippen molar-refractivity contribution in [3.8, 4) is 0 Å². The highest BCUT2D eigenvalue weighted by molar-refractivity contribution is 5.92. The quantitative estimate of drug-likeness (QED) is 0.910. The van der Waals surface area contributed by atoms with E-state index in [9.17, 15) is 9.59 Å². The van der Waals surface area contributed by atoms with Crippen LogP contribution in [0.15, 0.2) is 22.8 Å². The Morgan fingerprint density at radius 2 is 1.77 bits per heavy atom. The second-order valence-corrected chi connectivity index (χ2v) is 6.21. The molecular formula is C16H23N3O3. The summed E-state index contributed by atoms with van der Waals surface area (Å²) in [6.45, 7) is 2.93. The standard InChI is InChI=1S/C16H23N3O3/c17-15(21)16(19-8-2-1-3-9-19)6-10-18(11-7-16)14(20)13-5-4-12-22-13/h4-5,12H,1-3,6-11H2,(H2,17,21). The zero-order valence-electron chi connectivity index (χ0n) is 12.8. The zero-order valence-corrected chi connectivity index (χ0v) is 12.8. The summed E-state index contributed by atoms with van der Waals surface area (Å²) < 4.78 is 5.17. The maximum absolute atomic E-state index is 12.3. The van der Waals surface area contributed by atoms with E-state index in [1.165, 1.54) is 12.7 Å². The lowest BCUT2D eigenvalue weighted by molar-refractivity contribution is -0.134. The molecule has 22 heavy (non-hydrogen) atoms. The first kappa shape index (κ1) is 15.1. The van der Waals surface area contributed by atoms with Crippen LogP contribution in [0, 0.1) is 0 Å². The van der Waals surface area contributed by atoms with Crippen LogP contribution in [0.3, 0.4) is 0 Å². The number of hydrogen-bond donors (Lipinski definition) is 1. The van der Waals surface area contributed by atoms with Gasteiger partial charge in [-0.2, -0.15) is 0 Å². The monoisotopic (exact) mass is 305 g/mol. The molecule has 3 heterocycles. The van der Waals surface area contributed by atoms with Crippen molar-refractivity contribution >= 4 is 11.8 Å². The average molecular weight is 305 g/mol. The number of amides is 2. The summed E-state index contributed by atoms with van der Waals surface area (Å²) in [7, 11) is 0. The molecule has 1 aromatic heterocycles. The van der Waals surface area contributed by atoms with Crippen LogP contribution in [0.4, 0.5) is 0 Å². The van der Waals surface area contributed by atoms with Crippen molar-refractivity contribution in [1.82, 2.24) is 9.80 Å². The fourth-order valence-corrected chi connectivity index (χ4v) is 3.68. The largest absolute Gasteiger partial charge is 0.459 e. The number of hydrogen-bond acceptors (Lipinski definition) is 4. The van der Waals surface area contributed by atoms with Gasteiger partial charge in [0.05, 0.1) is 6.26 Å². The summed E-state index contributed by atoms with van der Waals surface area (Å²) in [5, 5.41) is 0. The molecule has 2 aliphatic heterocycles. The first-order chi connectivity index (χ1) is 10.6. The van der Waals surface area contributed by atoms with E-state index in [0.29, 0.717) is 31.7 Å². The Labute approximate surface area is 130 Å². The molecule has 6 heteroatoms. The number of nitrogens with zero attached hydrogens (tertiary/aromatic N) is 2. The molecule has 0 aromatic carbocycles. The van der Waals surface area contributed by atoms with Gasteiger partial charge < -0.3 is 15.1 Å². The van der Waals surface area contributed by atoms with Gasteiger partial charge in [-0.15, -0.1) is 0 Å². The summed E-state index contributed by atoms with van der Waals surface area (Å²) in [5.74, 6) is -0.00856. The molecule has 120 valence electrons. The van der Waals surface area contributed by atoms with E-state index in [1.54, 1.807) is 17.0 Å². The molecule has 3 rings (SSSR count). The second kappa shape index (κ2) is 6.12. The topological polar surface area (TPSA) is 79.8 Å². The molecule has 2 amide bonds. The first-order valence-corrected chi connectivity index (χ1v) is 8.01. The summed E-state index contributed by atoms with van der Waals surface area (Å²) in [6, 6.07) is 3.38. The minimum Gasteiger partial charge on any atom is -0.459 e. The van der Waals surface area contributed by atoms with Crippen LogP contribution in [0.1, 0.15) is 42.7 Å². The predicted octanol–water partition coefficient (Wildman–Crippen LogP) is 1.23. The lowest BCUT2D eigenvalue weighted by atomic mass is 9.83. The van der Waals surface area contributed by atoms with Crippen LogP contribution in [0.5, 0.6) is 0 Å². The minimum atomic E-state index is -0.583. The van der Waals surface area contributed by atoms with E-state index in [-0.39, 0.29) is 11.8 Å². The van der Waals surface area contributed by atoms with Crippen LogP contribution < -0.4 is 5.73 Å². The van der Waals surface area contributed by atoms with Gasteiger partial charge in [0, 0.05) is 13.1 Å². The second-order valence-electron chi connectivity index (χ2n) is 6.21. The van der Waals surface area contributed by atoms with Crippen molar-refractivity contribution in [2.24, 2.45) is 5.73 Å². The molecule has 0 radical (unpaired) electrons. The number of primary amides is 1. The first-order valence-electron chi connectivity index (χ1n) is 8.01. The number of rotatable bonds is 3. The Balaban J connectivity index is 1.70. The van der Waals surface area contributed by atoms with Crippen molar-refractivity contribution in [3.63, 3.8) is 0 Å². The molecule has 0 unspecified atom stereocenters. The predicted molar refractivity (Wildman–Crippen MR) is 81.2 cm³/mol.